The molecule has 0 fully saturated rings. The number of rotatable bonds is 4. The summed E-state index contributed by atoms with van der Waals surface area (Å²) in [6, 6.07) is 14.1. The highest BCUT2D eigenvalue weighted by Gasteiger charge is 2.23. The second-order valence-corrected chi connectivity index (χ2v) is 6.07. The minimum atomic E-state index is -0.298. The third-order valence-corrected chi connectivity index (χ3v) is 4.28. The second kappa shape index (κ2) is 7.81. The molecule has 0 saturated carbocycles. The van der Waals surface area contributed by atoms with Gasteiger partial charge in [0.05, 0.1) is 11.6 Å². The van der Waals surface area contributed by atoms with E-state index in [-0.39, 0.29) is 18.4 Å². The molecule has 0 saturated heterocycles. The molecule has 0 atom stereocenters. The lowest BCUT2D eigenvalue weighted by molar-refractivity contribution is -0.122. The Bertz CT molecular complexity index is 886. The molecular weight excluding hydrogens is 330 g/mol. The molecule has 0 unspecified atom stereocenters. The van der Waals surface area contributed by atoms with Crippen molar-refractivity contribution in [1.82, 2.24) is 0 Å². The zero-order valence-electron chi connectivity index (χ0n) is 14.5. The molecule has 3 rings (SSSR count). The summed E-state index contributed by atoms with van der Waals surface area (Å²) in [5.74, 6) is -0.397. The molecule has 26 heavy (non-hydrogen) atoms. The number of methoxy groups -OCH3 is 1. The van der Waals surface area contributed by atoms with Crippen LogP contribution in [0.5, 0.6) is 0 Å². The van der Waals surface area contributed by atoms with Crippen molar-refractivity contribution in [2.24, 2.45) is 0 Å². The zero-order valence-corrected chi connectivity index (χ0v) is 14.5. The number of fused-ring (bicyclic) bond motifs is 1. The number of hydrogen-bond donors (Lipinski definition) is 1. The lowest BCUT2D eigenvalue weighted by Gasteiger charge is -2.29. The van der Waals surface area contributed by atoms with Gasteiger partial charge >= 0.3 is 0 Å². The fraction of sp³-hybridized carbons (Fsp3) is 0.250. The maximum atomic E-state index is 12.4. The van der Waals surface area contributed by atoms with Crippen molar-refractivity contribution in [1.29, 1.82) is 5.26 Å². The fourth-order valence-corrected chi connectivity index (χ4v) is 3.05. The second-order valence-electron chi connectivity index (χ2n) is 6.07. The molecule has 0 bridgehead atoms. The lowest BCUT2D eigenvalue weighted by atomic mass is 10.0. The van der Waals surface area contributed by atoms with Crippen molar-refractivity contribution < 1.29 is 14.3 Å². The Labute approximate surface area is 152 Å². The van der Waals surface area contributed by atoms with Gasteiger partial charge in [0.1, 0.15) is 6.61 Å². The molecule has 132 valence electrons. The van der Waals surface area contributed by atoms with E-state index >= 15 is 0 Å². The Hall–Kier alpha value is -3.17. The topological polar surface area (TPSA) is 82.4 Å². The summed E-state index contributed by atoms with van der Waals surface area (Å²) in [7, 11) is 1.49. The first-order chi connectivity index (χ1) is 12.6. The molecule has 0 radical (unpaired) electrons. The van der Waals surface area contributed by atoms with E-state index in [9.17, 15) is 9.59 Å². The van der Waals surface area contributed by atoms with E-state index < -0.39 is 0 Å². The number of carbonyl (C=O) groups is 2. The van der Waals surface area contributed by atoms with Crippen LogP contribution in [0.15, 0.2) is 42.5 Å². The van der Waals surface area contributed by atoms with Gasteiger partial charge < -0.3 is 15.0 Å². The SMILES string of the molecule is COCC(=O)N1CCCc2ccc(NC(=O)c3cccc(C#N)c3)cc21. The van der Waals surface area contributed by atoms with Gasteiger partial charge in [0.2, 0.25) is 0 Å². The summed E-state index contributed by atoms with van der Waals surface area (Å²) in [6.45, 7) is 0.661. The van der Waals surface area contributed by atoms with Crippen molar-refractivity contribution in [2.75, 3.05) is 30.5 Å². The first-order valence-electron chi connectivity index (χ1n) is 8.36. The zero-order chi connectivity index (χ0) is 18.5. The van der Waals surface area contributed by atoms with Crippen LogP contribution in [0.3, 0.4) is 0 Å². The van der Waals surface area contributed by atoms with Crippen LogP contribution in [0.1, 0.15) is 27.9 Å². The van der Waals surface area contributed by atoms with Gasteiger partial charge in [-0.1, -0.05) is 12.1 Å². The summed E-state index contributed by atoms with van der Waals surface area (Å²) in [5, 5.41) is 11.8. The van der Waals surface area contributed by atoms with Crippen molar-refractivity contribution in [3.8, 4) is 6.07 Å². The van der Waals surface area contributed by atoms with Crippen LogP contribution in [-0.4, -0.2) is 32.1 Å². The average molecular weight is 349 g/mol. The van der Waals surface area contributed by atoms with E-state index in [4.69, 9.17) is 10.00 Å². The molecule has 6 heteroatoms. The monoisotopic (exact) mass is 349 g/mol. The minimum absolute atomic E-state index is 0.0248. The Kier molecular flexibility index (Phi) is 5.30. The van der Waals surface area contributed by atoms with Crippen LogP contribution in [0.4, 0.5) is 11.4 Å². The molecule has 1 N–H and O–H groups in total. The molecule has 0 spiro atoms. The molecule has 2 aromatic carbocycles. The maximum absolute atomic E-state index is 12.4. The third-order valence-electron chi connectivity index (χ3n) is 4.28. The number of nitrogens with one attached hydrogen (secondary N) is 1. The van der Waals surface area contributed by atoms with Gasteiger partial charge in [-0.2, -0.15) is 5.26 Å². The van der Waals surface area contributed by atoms with Crippen molar-refractivity contribution in [2.45, 2.75) is 12.8 Å². The summed E-state index contributed by atoms with van der Waals surface area (Å²) < 4.78 is 4.96. The normalized spacial score (nSPS) is 12.8. The Balaban J connectivity index is 1.83. The maximum Gasteiger partial charge on any atom is 0.255 e. The van der Waals surface area contributed by atoms with E-state index in [1.165, 1.54) is 7.11 Å². The molecule has 2 amide bonds. The first kappa shape index (κ1) is 17.6. The quantitative estimate of drug-likeness (QED) is 0.920. The number of anilines is 2. The Morgan fingerprint density at radius 1 is 1.27 bits per heavy atom. The van der Waals surface area contributed by atoms with Gasteiger partial charge in [0, 0.05) is 30.6 Å². The van der Waals surface area contributed by atoms with Gasteiger partial charge in [-0.25, -0.2) is 0 Å². The first-order valence-corrected chi connectivity index (χ1v) is 8.36. The fourth-order valence-electron chi connectivity index (χ4n) is 3.05. The van der Waals surface area contributed by atoms with Crippen LogP contribution in [0.25, 0.3) is 0 Å². The predicted octanol–water partition coefficient (Wildman–Crippen LogP) is 2.74. The molecule has 1 heterocycles. The van der Waals surface area contributed by atoms with Gasteiger partial charge in [-0.3, -0.25) is 9.59 Å². The van der Waals surface area contributed by atoms with E-state index in [0.717, 1.165) is 24.1 Å². The largest absolute Gasteiger partial charge is 0.375 e. The van der Waals surface area contributed by atoms with Gasteiger partial charge in [0.15, 0.2) is 0 Å². The van der Waals surface area contributed by atoms with Crippen LogP contribution in [-0.2, 0) is 16.0 Å². The van der Waals surface area contributed by atoms with E-state index in [0.29, 0.717) is 23.4 Å². The van der Waals surface area contributed by atoms with Crippen LogP contribution in [0, 0.1) is 11.3 Å². The number of amides is 2. The molecule has 6 nitrogen and oxygen atoms in total. The third kappa shape index (κ3) is 3.73. The van der Waals surface area contributed by atoms with Crippen molar-refractivity contribution in [3.63, 3.8) is 0 Å². The van der Waals surface area contributed by atoms with Gasteiger partial charge in [-0.05, 0) is 48.7 Å². The van der Waals surface area contributed by atoms with Crippen LogP contribution in [0.2, 0.25) is 0 Å². The highest BCUT2D eigenvalue weighted by molar-refractivity contribution is 6.05. The number of benzene rings is 2. The van der Waals surface area contributed by atoms with Crippen LogP contribution >= 0.6 is 0 Å². The van der Waals surface area contributed by atoms with Crippen molar-refractivity contribution in [3.05, 3.63) is 59.2 Å². The van der Waals surface area contributed by atoms with E-state index in [1.54, 1.807) is 29.2 Å². The summed E-state index contributed by atoms with van der Waals surface area (Å²) in [4.78, 5) is 26.4. The highest BCUT2D eigenvalue weighted by atomic mass is 16.5. The van der Waals surface area contributed by atoms with E-state index in [2.05, 4.69) is 5.32 Å². The highest BCUT2D eigenvalue weighted by Crippen LogP contribution is 2.30. The number of ether oxygens (including phenoxy) is 1. The van der Waals surface area contributed by atoms with Crippen LogP contribution < -0.4 is 10.2 Å². The standard InChI is InChI=1S/C20H19N3O3/c1-26-13-19(24)23-9-3-6-15-7-8-17(11-18(15)23)22-20(25)16-5-2-4-14(10-16)12-21/h2,4-5,7-8,10-11H,3,6,9,13H2,1H3,(H,22,25). The number of nitriles is 1. The van der Waals surface area contributed by atoms with E-state index in [1.807, 2.05) is 24.3 Å². The predicted molar refractivity (Wildman–Crippen MR) is 98.1 cm³/mol. The van der Waals surface area contributed by atoms with Gasteiger partial charge in [0.25, 0.3) is 11.8 Å². The molecule has 1 aliphatic rings. The smallest absolute Gasteiger partial charge is 0.255 e. The minimum Gasteiger partial charge on any atom is -0.375 e. The number of carbonyl (C=O) groups excluding carboxylic acids is 2. The molecule has 1 aliphatic heterocycles. The average Bonchev–Trinajstić information content (AvgIpc) is 2.67. The Morgan fingerprint density at radius 2 is 2.12 bits per heavy atom. The summed E-state index contributed by atoms with van der Waals surface area (Å²) in [6.07, 6.45) is 1.79. The number of aryl methyl sites for hydroxylation is 1. The summed E-state index contributed by atoms with van der Waals surface area (Å²) >= 11 is 0. The van der Waals surface area contributed by atoms with Gasteiger partial charge in [-0.15, -0.1) is 0 Å². The Morgan fingerprint density at radius 3 is 2.88 bits per heavy atom. The van der Waals surface area contributed by atoms with Crippen molar-refractivity contribution >= 4 is 23.2 Å². The lowest BCUT2D eigenvalue weighted by Crippen LogP contribution is -2.37. The molecular formula is C20H19N3O3. The number of nitrogens with zero attached hydrogens (tertiary/aromatic N) is 2. The molecule has 0 aliphatic carbocycles. The number of hydrogen-bond acceptors (Lipinski definition) is 4. The molecule has 2 aromatic rings. The summed E-state index contributed by atoms with van der Waals surface area (Å²) in [5.41, 5.74) is 3.33. The molecule has 0 aromatic heterocycles.